The first-order valence-electron chi connectivity index (χ1n) is 12.8. The number of amides is 2. The molecule has 0 bridgehead atoms. The van der Waals surface area contributed by atoms with E-state index in [0.29, 0.717) is 24.9 Å². The summed E-state index contributed by atoms with van der Waals surface area (Å²) in [5, 5.41) is 12.8. The van der Waals surface area contributed by atoms with Crippen molar-refractivity contribution in [3.63, 3.8) is 0 Å². The van der Waals surface area contributed by atoms with Crippen LogP contribution in [0.3, 0.4) is 0 Å². The molecule has 2 amide bonds. The number of halogens is 3. The number of pyridine rings is 2. The highest BCUT2D eigenvalue weighted by atomic mass is 19.1. The number of carboxylic acid groups (broad SMARTS) is 1. The number of nitrogens with two attached hydrogens (primary N) is 1. The van der Waals surface area contributed by atoms with E-state index in [4.69, 9.17) is 10.6 Å². The Labute approximate surface area is 229 Å². The number of aromatic nitrogens is 2. The minimum Gasteiger partial charge on any atom is -0.491 e. The highest BCUT2D eigenvalue weighted by Crippen LogP contribution is 2.40. The fourth-order valence-electron chi connectivity index (χ4n) is 5.13. The molecule has 0 radical (unpaired) electrons. The van der Waals surface area contributed by atoms with Gasteiger partial charge in [-0.15, -0.1) is 0 Å². The van der Waals surface area contributed by atoms with Crippen molar-refractivity contribution in [3.8, 4) is 17.0 Å². The fraction of sp³-hybridized carbons (Fsp3) is 0.357. The third-order valence-electron chi connectivity index (χ3n) is 6.95. The molecule has 4 N–H and O–H groups in total. The first kappa shape index (κ1) is 28.8. The molecule has 12 heteroatoms. The first-order valence-corrected chi connectivity index (χ1v) is 12.8. The molecule has 1 aliphatic rings. The Morgan fingerprint density at radius 1 is 1.12 bits per heavy atom. The first-order chi connectivity index (χ1) is 19.0. The molecule has 1 aromatic carbocycles. The molecule has 40 heavy (non-hydrogen) atoms. The number of hydrazine groups is 1. The van der Waals surface area contributed by atoms with E-state index >= 15 is 0 Å². The summed E-state index contributed by atoms with van der Waals surface area (Å²) in [6, 6.07) is 5.34. The number of hydrogen-bond acceptors (Lipinski definition) is 6. The Balaban J connectivity index is 1.57. The van der Waals surface area contributed by atoms with Crippen molar-refractivity contribution >= 4 is 17.7 Å². The van der Waals surface area contributed by atoms with Gasteiger partial charge in [-0.25, -0.2) is 33.8 Å². The summed E-state index contributed by atoms with van der Waals surface area (Å²) in [6.07, 6.45) is 3.29. The van der Waals surface area contributed by atoms with Gasteiger partial charge in [0.2, 0.25) is 0 Å². The van der Waals surface area contributed by atoms with Crippen LogP contribution in [-0.4, -0.2) is 44.2 Å². The summed E-state index contributed by atoms with van der Waals surface area (Å²) >= 11 is 0. The van der Waals surface area contributed by atoms with Gasteiger partial charge in [-0.2, -0.15) is 0 Å². The maximum Gasteiger partial charge on any atom is 0.421 e. The maximum absolute atomic E-state index is 14.8. The lowest BCUT2D eigenvalue weighted by atomic mass is 9.75. The number of nitrogens with zero attached hydrogens (tertiary/aromatic N) is 3. The zero-order valence-corrected chi connectivity index (χ0v) is 22.2. The topological polar surface area (TPSA) is 131 Å². The van der Waals surface area contributed by atoms with Gasteiger partial charge >= 0.3 is 6.09 Å². The zero-order valence-electron chi connectivity index (χ0n) is 22.2. The van der Waals surface area contributed by atoms with Crippen LogP contribution in [0.1, 0.15) is 62.0 Å². The molecule has 0 spiro atoms. The highest BCUT2D eigenvalue weighted by molar-refractivity contribution is 6.03. The SMILES string of the molecule is CC(C)Oc1cc(F)c(-c2nc(C(=O)Nc3cnccc3C3CCC(N(N)C(=O)O)C(C)C3)ccc2F)c(F)c1. The number of hydrogen-bond donors (Lipinski definition) is 3. The second-order valence-corrected chi connectivity index (χ2v) is 10.1. The quantitative estimate of drug-likeness (QED) is 0.192. The predicted molar refractivity (Wildman–Crippen MR) is 141 cm³/mol. The van der Waals surface area contributed by atoms with Crippen LogP contribution in [0.2, 0.25) is 0 Å². The van der Waals surface area contributed by atoms with Crippen molar-refractivity contribution in [1.29, 1.82) is 0 Å². The number of carbonyl (C=O) groups excluding carboxylic acids is 1. The van der Waals surface area contributed by atoms with Crippen LogP contribution in [0.5, 0.6) is 5.75 Å². The van der Waals surface area contributed by atoms with E-state index in [0.717, 1.165) is 34.8 Å². The van der Waals surface area contributed by atoms with Gasteiger partial charge in [0.15, 0.2) is 0 Å². The van der Waals surface area contributed by atoms with Gasteiger partial charge in [0, 0.05) is 18.3 Å². The van der Waals surface area contributed by atoms with Crippen LogP contribution in [0.15, 0.2) is 42.7 Å². The Morgan fingerprint density at radius 3 is 2.45 bits per heavy atom. The molecule has 2 aromatic heterocycles. The maximum atomic E-state index is 14.8. The summed E-state index contributed by atoms with van der Waals surface area (Å²) < 4.78 is 49.7. The van der Waals surface area contributed by atoms with Gasteiger partial charge in [-0.3, -0.25) is 9.78 Å². The van der Waals surface area contributed by atoms with Gasteiger partial charge in [0.25, 0.3) is 5.91 Å². The minimum absolute atomic E-state index is 0.0155. The van der Waals surface area contributed by atoms with E-state index in [1.807, 2.05) is 6.92 Å². The standard InChI is InChI=1S/C28H30F3N5O4/c1-14(2)40-17-11-20(30)25(21(31)12-17)26-19(29)5-6-22(34-26)27(37)35-23-13-33-9-8-18(23)16-4-7-24(15(3)10-16)36(32)28(38)39/h5-6,8-9,11-16,24H,4,7,10,32H2,1-3H3,(H,35,37)(H,38,39). The number of carbonyl (C=O) groups is 2. The molecule has 3 unspecified atom stereocenters. The molecule has 2 heterocycles. The van der Waals surface area contributed by atoms with E-state index in [1.165, 1.54) is 6.20 Å². The summed E-state index contributed by atoms with van der Waals surface area (Å²) in [4.78, 5) is 32.5. The van der Waals surface area contributed by atoms with E-state index in [2.05, 4.69) is 15.3 Å². The van der Waals surface area contributed by atoms with Crippen molar-refractivity contribution in [1.82, 2.24) is 15.0 Å². The lowest BCUT2D eigenvalue weighted by Gasteiger charge is -2.38. The van der Waals surface area contributed by atoms with Gasteiger partial charge in [-0.05, 0) is 68.7 Å². The highest BCUT2D eigenvalue weighted by Gasteiger charge is 2.34. The average molecular weight is 558 g/mol. The van der Waals surface area contributed by atoms with Crippen LogP contribution in [0.4, 0.5) is 23.7 Å². The van der Waals surface area contributed by atoms with Crippen LogP contribution < -0.4 is 15.9 Å². The summed E-state index contributed by atoms with van der Waals surface area (Å²) in [7, 11) is 0. The predicted octanol–water partition coefficient (Wildman–Crippen LogP) is 5.73. The van der Waals surface area contributed by atoms with Crippen molar-refractivity contribution in [3.05, 3.63) is 71.4 Å². The number of benzene rings is 1. The fourth-order valence-corrected chi connectivity index (χ4v) is 5.13. The largest absolute Gasteiger partial charge is 0.491 e. The normalized spacial score (nSPS) is 18.9. The summed E-state index contributed by atoms with van der Waals surface area (Å²) in [5.41, 5.74) is -0.447. The van der Waals surface area contributed by atoms with Gasteiger partial charge in [-0.1, -0.05) is 6.92 Å². The Hall–Kier alpha value is -4.19. The number of nitrogens with one attached hydrogen (secondary N) is 1. The Bertz CT molecular complexity index is 1400. The smallest absolute Gasteiger partial charge is 0.421 e. The zero-order chi connectivity index (χ0) is 29.1. The third-order valence-corrected chi connectivity index (χ3v) is 6.95. The van der Waals surface area contributed by atoms with Crippen molar-refractivity contribution in [2.45, 2.75) is 58.1 Å². The molecule has 1 fully saturated rings. The molecule has 4 rings (SSSR count). The number of ether oxygens (including phenoxy) is 1. The van der Waals surface area contributed by atoms with E-state index in [-0.39, 0.29) is 35.4 Å². The van der Waals surface area contributed by atoms with E-state index < -0.39 is 40.7 Å². The second-order valence-electron chi connectivity index (χ2n) is 10.1. The molecule has 9 nitrogen and oxygen atoms in total. The summed E-state index contributed by atoms with van der Waals surface area (Å²) in [5.74, 6) is 1.70. The number of rotatable bonds is 7. The van der Waals surface area contributed by atoms with Crippen LogP contribution >= 0.6 is 0 Å². The van der Waals surface area contributed by atoms with Crippen LogP contribution in [0, 0.1) is 23.4 Å². The lowest BCUT2D eigenvalue weighted by molar-refractivity contribution is 0.0859. The molecule has 1 aliphatic carbocycles. The van der Waals surface area contributed by atoms with Gasteiger partial charge < -0.3 is 15.2 Å². The van der Waals surface area contributed by atoms with Gasteiger partial charge in [0.1, 0.15) is 34.6 Å². The average Bonchev–Trinajstić information content (AvgIpc) is 2.88. The second kappa shape index (κ2) is 11.9. The van der Waals surface area contributed by atoms with E-state index in [1.54, 1.807) is 26.1 Å². The molecule has 3 atom stereocenters. The summed E-state index contributed by atoms with van der Waals surface area (Å²) in [6.45, 7) is 5.31. The molecular formula is C28H30F3N5O4. The molecule has 3 aromatic rings. The molecule has 0 aliphatic heterocycles. The lowest BCUT2D eigenvalue weighted by Crippen LogP contribution is -2.49. The van der Waals surface area contributed by atoms with Crippen LogP contribution in [-0.2, 0) is 0 Å². The Kier molecular flexibility index (Phi) is 8.58. The third kappa shape index (κ3) is 6.17. The molecule has 1 saturated carbocycles. The van der Waals surface area contributed by atoms with E-state index in [9.17, 15) is 27.9 Å². The molecular weight excluding hydrogens is 527 g/mol. The van der Waals surface area contributed by atoms with Crippen LogP contribution in [0.25, 0.3) is 11.3 Å². The van der Waals surface area contributed by atoms with Crippen molar-refractivity contribution < 1.29 is 32.6 Å². The molecule has 212 valence electrons. The molecule has 0 saturated heterocycles. The number of anilines is 1. The van der Waals surface area contributed by atoms with Crippen molar-refractivity contribution in [2.75, 3.05) is 5.32 Å². The van der Waals surface area contributed by atoms with Crippen molar-refractivity contribution in [2.24, 2.45) is 11.8 Å². The minimum atomic E-state index is -1.20. The monoisotopic (exact) mass is 557 g/mol. The Morgan fingerprint density at radius 2 is 1.82 bits per heavy atom. The van der Waals surface area contributed by atoms with Gasteiger partial charge in [0.05, 0.1) is 29.6 Å².